The molecule has 0 aromatic carbocycles. The number of rotatable bonds is 5. The first-order valence-corrected chi connectivity index (χ1v) is 6.98. The molecule has 0 saturated heterocycles. The molecule has 17 heavy (non-hydrogen) atoms. The minimum absolute atomic E-state index is 0.181. The van der Waals surface area contributed by atoms with Crippen molar-refractivity contribution >= 4 is 5.91 Å². The predicted molar refractivity (Wildman–Crippen MR) is 71.5 cm³/mol. The Hall–Kier alpha value is -0.570. The van der Waals surface area contributed by atoms with Crippen LogP contribution in [0.1, 0.15) is 53.4 Å². The Bertz CT molecular complexity index is 251. The summed E-state index contributed by atoms with van der Waals surface area (Å²) in [4.78, 5) is 11.5. The van der Waals surface area contributed by atoms with Crippen LogP contribution < -0.4 is 11.1 Å². The summed E-state index contributed by atoms with van der Waals surface area (Å²) in [6, 6.07) is 0.281. The molecule has 0 spiro atoms. The summed E-state index contributed by atoms with van der Waals surface area (Å²) in [5.41, 5.74) is 5.47. The summed E-state index contributed by atoms with van der Waals surface area (Å²) in [6.07, 6.45) is 5.05. The summed E-state index contributed by atoms with van der Waals surface area (Å²) < 4.78 is 0. The predicted octanol–water partition coefficient (Wildman–Crippen LogP) is 2.30. The lowest BCUT2D eigenvalue weighted by Crippen LogP contribution is -2.53. The molecule has 3 nitrogen and oxygen atoms in total. The Morgan fingerprint density at radius 2 is 1.76 bits per heavy atom. The molecule has 1 rings (SSSR count). The van der Waals surface area contributed by atoms with Crippen LogP contribution in [0.25, 0.3) is 0 Å². The van der Waals surface area contributed by atoms with Gasteiger partial charge < -0.3 is 11.1 Å². The maximum atomic E-state index is 11.5. The Morgan fingerprint density at radius 1 is 1.18 bits per heavy atom. The van der Waals surface area contributed by atoms with E-state index in [1.54, 1.807) is 0 Å². The summed E-state index contributed by atoms with van der Waals surface area (Å²) >= 11 is 0. The third-order valence-electron chi connectivity index (χ3n) is 4.04. The lowest BCUT2D eigenvalue weighted by Gasteiger charge is -2.37. The van der Waals surface area contributed by atoms with Gasteiger partial charge in [-0.3, -0.25) is 4.79 Å². The summed E-state index contributed by atoms with van der Waals surface area (Å²) in [5, 5.41) is 3.51. The number of nitrogens with one attached hydrogen (secondary N) is 1. The minimum atomic E-state index is -0.215. The molecule has 1 aliphatic rings. The molecule has 0 radical (unpaired) electrons. The van der Waals surface area contributed by atoms with Gasteiger partial charge in [0.25, 0.3) is 0 Å². The molecule has 3 unspecified atom stereocenters. The Balaban J connectivity index is 2.65. The molecule has 3 N–H and O–H groups in total. The van der Waals surface area contributed by atoms with Gasteiger partial charge in [-0.2, -0.15) is 0 Å². The van der Waals surface area contributed by atoms with Crippen molar-refractivity contribution in [1.29, 1.82) is 0 Å². The Morgan fingerprint density at radius 3 is 2.24 bits per heavy atom. The molecular formula is C14H28N2O. The van der Waals surface area contributed by atoms with Gasteiger partial charge in [0, 0.05) is 6.04 Å². The minimum Gasteiger partial charge on any atom is -0.368 e. The van der Waals surface area contributed by atoms with Crippen LogP contribution in [0.5, 0.6) is 0 Å². The van der Waals surface area contributed by atoms with E-state index >= 15 is 0 Å². The SMILES string of the molecule is CC(C)C(NC1CCCCC1C(C)C)C(N)=O. The van der Waals surface area contributed by atoms with Crippen LogP contribution in [0, 0.1) is 17.8 Å². The van der Waals surface area contributed by atoms with Gasteiger partial charge in [-0.05, 0) is 30.6 Å². The van der Waals surface area contributed by atoms with Crippen molar-refractivity contribution in [1.82, 2.24) is 5.32 Å². The van der Waals surface area contributed by atoms with E-state index in [1.165, 1.54) is 25.7 Å². The van der Waals surface area contributed by atoms with E-state index < -0.39 is 0 Å². The molecule has 0 heterocycles. The number of amides is 1. The zero-order chi connectivity index (χ0) is 13.0. The number of hydrogen-bond donors (Lipinski definition) is 2. The summed E-state index contributed by atoms with van der Waals surface area (Å²) in [6.45, 7) is 8.66. The van der Waals surface area contributed by atoms with Crippen molar-refractivity contribution in [2.45, 2.75) is 65.5 Å². The highest BCUT2D eigenvalue weighted by Crippen LogP contribution is 2.30. The van der Waals surface area contributed by atoms with Crippen molar-refractivity contribution in [3.05, 3.63) is 0 Å². The number of nitrogens with two attached hydrogens (primary N) is 1. The first-order valence-electron chi connectivity index (χ1n) is 6.98. The smallest absolute Gasteiger partial charge is 0.234 e. The monoisotopic (exact) mass is 240 g/mol. The quantitative estimate of drug-likeness (QED) is 0.774. The molecule has 1 aliphatic carbocycles. The van der Waals surface area contributed by atoms with Gasteiger partial charge in [0.1, 0.15) is 0 Å². The summed E-state index contributed by atoms with van der Waals surface area (Å²) in [5.74, 6) is 1.41. The van der Waals surface area contributed by atoms with Gasteiger partial charge in [-0.25, -0.2) is 0 Å². The molecule has 0 aromatic heterocycles. The zero-order valence-electron chi connectivity index (χ0n) is 11.7. The highest BCUT2D eigenvalue weighted by molar-refractivity contribution is 5.80. The van der Waals surface area contributed by atoms with Crippen molar-refractivity contribution in [2.24, 2.45) is 23.5 Å². The Kier molecular flexibility index (Phi) is 5.44. The molecule has 3 atom stereocenters. The van der Waals surface area contributed by atoms with Crippen molar-refractivity contribution in [3.8, 4) is 0 Å². The van der Waals surface area contributed by atoms with E-state index in [9.17, 15) is 4.79 Å². The van der Waals surface area contributed by atoms with Crippen LogP contribution in [0.3, 0.4) is 0 Å². The standard InChI is InChI=1S/C14H28N2O/c1-9(2)11-7-5-6-8-12(11)16-13(10(3)4)14(15)17/h9-13,16H,5-8H2,1-4H3,(H2,15,17). The molecule has 1 saturated carbocycles. The first kappa shape index (κ1) is 14.5. The first-order chi connectivity index (χ1) is 7.93. The Labute approximate surface area is 106 Å². The fourth-order valence-electron chi connectivity index (χ4n) is 3.00. The van der Waals surface area contributed by atoms with Gasteiger partial charge in [-0.15, -0.1) is 0 Å². The average Bonchev–Trinajstić information content (AvgIpc) is 2.25. The highest BCUT2D eigenvalue weighted by Gasteiger charge is 2.31. The zero-order valence-corrected chi connectivity index (χ0v) is 11.7. The number of primary amides is 1. The normalized spacial score (nSPS) is 27.4. The largest absolute Gasteiger partial charge is 0.368 e. The number of carbonyl (C=O) groups is 1. The molecule has 1 fully saturated rings. The van der Waals surface area contributed by atoms with E-state index in [0.717, 1.165) is 0 Å². The van der Waals surface area contributed by atoms with Gasteiger partial charge >= 0.3 is 0 Å². The van der Waals surface area contributed by atoms with Gasteiger partial charge in [0.2, 0.25) is 5.91 Å². The van der Waals surface area contributed by atoms with Crippen LogP contribution in [-0.4, -0.2) is 18.0 Å². The van der Waals surface area contributed by atoms with Gasteiger partial charge in [0.15, 0.2) is 0 Å². The van der Waals surface area contributed by atoms with Crippen LogP contribution in [-0.2, 0) is 4.79 Å². The topological polar surface area (TPSA) is 55.1 Å². The second kappa shape index (κ2) is 6.39. The van der Waals surface area contributed by atoms with Crippen molar-refractivity contribution < 1.29 is 4.79 Å². The fraction of sp³-hybridized carbons (Fsp3) is 0.929. The lowest BCUT2D eigenvalue weighted by molar-refractivity contribution is -0.121. The third-order valence-corrected chi connectivity index (χ3v) is 4.04. The maximum Gasteiger partial charge on any atom is 0.234 e. The van der Waals surface area contributed by atoms with E-state index in [0.29, 0.717) is 17.9 Å². The number of carbonyl (C=O) groups excluding carboxylic acids is 1. The van der Waals surface area contributed by atoms with Crippen LogP contribution in [0.2, 0.25) is 0 Å². The fourth-order valence-corrected chi connectivity index (χ4v) is 3.00. The van der Waals surface area contributed by atoms with Crippen molar-refractivity contribution in [2.75, 3.05) is 0 Å². The highest BCUT2D eigenvalue weighted by atomic mass is 16.1. The summed E-state index contributed by atoms with van der Waals surface area (Å²) in [7, 11) is 0. The third kappa shape index (κ3) is 3.98. The molecular weight excluding hydrogens is 212 g/mol. The molecule has 0 aliphatic heterocycles. The van der Waals surface area contributed by atoms with E-state index in [4.69, 9.17) is 5.73 Å². The van der Waals surface area contributed by atoms with Crippen LogP contribution in [0.4, 0.5) is 0 Å². The van der Waals surface area contributed by atoms with E-state index in [1.807, 2.05) is 0 Å². The van der Waals surface area contributed by atoms with Gasteiger partial charge in [-0.1, -0.05) is 40.5 Å². The van der Waals surface area contributed by atoms with Crippen LogP contribution >= 0.6 is 0 Å². The molecule has 100 valence electrons. The molecule has 1 amide bonds. The number of hydrogen-bond acceptors (Lipinski definition) is 2. The van der Waals surface area contributed by atoms with Crippen molar-refractivity contribution in [3.63, 3.8) is 0 Å². The second-order valence-electron chi connectivity index (χ2n) is 6.09. The van der Waals surface area contributed by atoms with Crippen LogP contribution in [0.15, 0.2) is 0 Å². The molecule has 3 heteroatoms. The molecule has 0 bridgehead atoms. The second-order valence-corrected chi connectivity index (χ2v) is 6.09. The van der Waals surface area contributed by atoms with E-state index in [-0.39, 0.29) is 17.9 Å². The molecule has 0 aromatic rings. The maximum absolute atomic E-state index is 11.5. The lowest BCUT2D eigenvalue weighted by atomic mass is 9.77. The van der Waals surface area contributed by atoms with Gasteiger partial charge in [0.05, 0.1) is 6.04 Å². The van der Waals surface area contributed by atoms with E-state index in [2.05, 4.69) is 33.0 Å². The average molecular weight is 240 g/mol.